The number of nitrogens with two attached hydrogens (primary N) is 1. The van der Waals surface area contributed by atoms with Crippen molar-refractivity contribution in [1.29, 1.82) is 0 Å². The summed E-state index contributed by atoms with van der Waals surface area (Å²) in [5, 5.41) is 0. The number of halogens is 1. The molecule has 0 fully saturated rings. The number of hydrogen-bond donors (Lipinski definition) is 1. The van der Waals surface area contributed by atoms with E-state index in [1.807, 2.05) is 27.1 Å². The van der Waals surface area contributed by atoms with Crippen LogP contribution in [0.4, 0.5) is 10.1 Å². The van der Waals surface area contributed by atoms with Crippen LogP contribution in [0.25, 0.3) is 0 Å². The summed E-state index contributed by atoms with van der Waals surface area (Å²) in [4.78, 5) is 4.36. The molecule has 19 heavy (non-hydrogen) atoms. The molecular formula is C14H22FN3S. The molecule has 5 heteroatoms. The van der Waals surface area contributed by atoms with Crippen LogP contribution in [0.5, 0.6) is 0 Å². The van der Waals surface area contributed by atoms with Crippen molar-refractivity contribution >= 4 is 22.9 Å². The SMILES string of the molecule is CCN(CCCN(C)C)c1cccc(F)c1C(N)=S. The van der Waals surface area contributed by atoms with Gasteiger partial charge in [-0.1, -0.05) is 18.3 Å². The van der Waals surface area contributed by atoms with Gasteiger partial charge in [-0.15, -0.1) is 0 Å². The van der Waals surface area contributed by atoms with Crippen LogP contribution in [-0.2, 0) is 0 Å². The highest BCUT2D eigenvalue weighted by Gasteiger charge is 2.15. The van der Waals surface area contributed by atoms with Crippen molar-refractivity contribution in [2.24, 2.45) is 5.73 Å². The monoisotopic (exact) mass is 283 g/mol. The van der Waals surface area contributed by atoms with E-state index in [1.54, 1.807) is 6.07 Å². The van der Waals surface area contributed by atoms with E-state index in [1.165, 1.54) is 6.07 Å². The molecule has 0 unspecified atom stereocenters. The van der Waals surface area contributed by atoms with Gasteiger partial charge in [-0.05, 0) is 46.1 Å². The maximum absolute atomic E-state index is 13.8. The zero-order valence-corrected chi connectivity index (χ0v) is 12.6. The summed E-state index contributed by atoms with van der Waals surface area (Å²) in [7, 11) is 4.08. The predicted molar refractivity (Wildman–Crippen MR) is 83.3 cm³/mol. The van der Waals surface area contributed by atoms with Gasteiger partial charge in [-0.2, -0.15) is 0 Å². The standard InChI is InChI=1S/C14H22FN3S/c1-4-18(10-6-9-17(2)3)12-8-5-7-11(15)13(12)14(16)19/h5,7-8H,4,6,9-10H2,1-3H3,(H2,16,19). The highest BCUT2D eigenvalue weighted by molar-refractivity contribution is 7.80. The fourth-order valence-corrected chi connectivity index (χ4v) is 2.25. The molecule has 0 aliphatic rings. The number of thiocarbonyl (C=S) groups is 1. The van der Waals surface area contributed by atoms with Crippen molar-refractivity contribution in [1.82, 2.24) is 4.90 Å². The van der Waals surface area contributed by atoms with Gasteiger partial charge in [0.1, 0.15) is 10.8 Å². The van der Waals surface area contributed by atoms with Gasteiger partial charge in [0.15, 0.2) is 0 Å². The molecule has 3 nitrogen and oxygen atoms in total. The smallest absolute Gasteiger partial charge is 0.135 e. The Morgan fingerprint density at radius 3 is 2.53 bits per heavy atom. The molecule has 0 saturated heterocycles. The molecule has 0 spiro atoms. The summed E-state index contributed by atoms with van der Waals surface area (Å²) >= 11 is 4.96. The van der Waals surface area contributed by atoms with Gasteiger partial charge in [-0.25, -0.2) is 4.39 Å². The molecule has 106 valence electrons. The van der Waals surface area contributed by atoms with E-state index in [0.29, 0.717) is 5.56 Å². The Labute approximate surface area is 120 Å². The molecule has 1 aromatic rings. The molecule has 0 bridgehead atoms. The van der Waals surface area contributed by atoms with Gasteiger partial charge in [0.25, 0.3) is 0 Å². The Hall–Kier alpha value is -1.20. The van der Waals surface area contributed by atoms with Crippen LogP contribution >= 0.6 is 12.2 Å². The zero-order chi connectivity index (χ0) is 14.4. The summed E-state index contributed by atoms with van der Waals surface area (Å²) in [6.45, 7) is 4.69. The predicted octanol–water partition coefficient (Wildman–Crippen LogP) is 2.24. The second-order valence-corrected chi connectivity index (χ2v) is 5.17. The van der Waals surface area contributed by atoms with Crippen molar-refractivity contribution in [2.75, 3.05) is 38.6 Å². The van der Waals surface area contributed by atoms with E-state index in [2.05, 4.69) is 9.80 Å². The lowest BCUT2D eigenvalue weighted by molar-refractivity contribution is 0.400. The van der Waals surface area contributed by atoms with Crippen molar-refractivity contribution < 1.29 is 4.39 Å². The van der Waals surface area contributed by atoms with E-state index in [0.717, 1.165) is 31.7 Å². The maximum Gasteiger partial charge on any atom is 0.135 e. The Balaban J connectivity index is 2.92. The summed E-state index contributed by atoms with van der Waals surface area (Å²) < 4.78 is 13.8. The molecule has 0 aliphatic heterocycles. The lowest BCUT2D eigenvalue weighted by Gasteiger charge is -2.26. The Bertz CT molecular complexity index is 435. The fraction of sp³-hybridized carbons (Fsp3) is 0.500. The van der Waals surface area contributed by atoms with Gasteiger partial charge in [-0.3, -0.25) is 0 Å². The van der Waals surface area contributed by atoms with E-state index in [4.69, 9.17) is 18.0 Å². The number of nitrogens with zero attached hydrogens (tertiary/aromatic N) is 2. The van der Waals surface area contributed by atoms with Crippen LogP contribution < -0.4 is 10.6 Å². The molecule has 0 radical (unpaired) electrons. The second-order valence-electron chi connectivity index (χ2n) is 4.73. The van der Waals surface area contributed by atoms with E-state index in [-0.39, 0.29) is 10.8 Å². The van der Waals surface area contributed by atoms with E-state index >= 15 is 0 Å². The molecular weight excluding hydrogens is 261 g/mol. The first-order valence-corrected chi connectivity index (χ1v) is 6.86. The molecule has 0 amide bonds. The Morgan fingerprint density at radius 1 is 1.32 bits per heavy atom. The summed E-state index contributed by atoms with van der Waals surface area (Å²) in [6.07, 6.45) is 1.01. The van der Waals surface area contributed by atoms with Gasteiger partial charge in [0.2, 0.25) is 0 Å². The van der Waals surface area contributed by atoms with Gasteiger partial charge < -0.3 is 15.5 Å². The fourth-order valence-electron chi connectivity index (χ4n) is 2.05. The van der Waals surface area contributed by atoms with Crippen LogP contribution in [0, 0.1) is 5.82 Å². The largest absolute Gasteiger partial charge is 0.389 e. The number of benzene rings is 1. The zero-order valence-electron chi connectivity index (χ0n) is 11.8. The van der Waals surface area contributed by atoms with Gasteiger partial charge >= 0.3 is 0 Å². The highest BCUT2D eigenvalue weighted by atomic mass is 32.1. The van der Waals surface area contributed by atoms with Gasteiger partial charge in [0.05, 0.1) is 5.56 Å². The average Bonchev–Trinajstić information content (AvgIpc) is 2.33. The topological polar surface area (TPSA) is 32.5 Å². The lowest BCUT2D eigenvalue weighted by Crippen LogP contribution is -2.29. The maximum atomic E-state index is 13.8. The van der Waals surface area contributed by atoms with Crippen LogP contribution in [-0.4, -0.2) is 43.6 Å². The van der Waals surface area contributed by atoms with Crippen molar-refractivity contribution in [2.45, 2.75) is 13.3 Å². The number of rotatable bonds is 7. The average molecular weight is 283 g/mol. The number of hydrogen-bond acceptors (Lipinski definition) is 3. The van der Waals surface area contributed by atoms with Crippen molar-refractivity contribution in [3.63, 3.8) is 0 Å². The first-order chi connectivity index (χ1) is 8.97. The van der Waals surface area contributed by atoms with Crippen LogP contribution in [0.1, 0.15) is 18.9 Å². The second kappa shape index (κ2) is 7.40. The van der Waals surface area contributed by atoms with Crippen molar-refractivity contribution in [3.05, 3.63) is 29.6 Å². The van der Waals surface area contributed by atoms with E-state index in [9.17, 15) is 4.39 Å². The Morgan fingerprint density at radius 2 is 2.00 bits per heavy atom. The van der Waals surface area contributed by atoms with Gasteiger partial charge in [0, 0.05) is 18.8 Å². The van der Waals surface area contributed by atoms with Crippen LogP contribution in [0.15, 0.2) is 18.2 Å². The van der Waals surface area contributed by atoms with E-state index < -0.39 is 0 Å². The molecule has 0 atom stereocenters. The molecule has 0 heterocycles. The minimum absolute atomic E-state index is 0.110. The summed E-state index contributed by atoms with van der Waals surface area (Å²) in [5.41, 5.74) is 6.78. The molecule has 1 aromatic carbocycles. The highest BCUT2D eigenvalue weighted by Crippen LogP contribution is 2.23. The van der Waals surface area contributed by atoms with Crippen molar-refractivity contribution in [3.8, 4) is 0 Å². The minimum atomic E-state index is -0.351. The third-order valence-corrected chi connectivity index (χ3v) is 3.20. The lowest BCUT2D eigenvalue weighted by atomic mass is 10.1. The summed E-state index contributed by atoms with van der Waals surface area (Å²) in [5.74, 6) is -0.351. The number of anilines is 1. The third-order valence-electron chi connectivity index (χ3n) is 2.99. The molecule has 0 aliphatic carbocycles. The minimum Gasteiger partial charge on any atom is -0.389 e. The third kappa shape index (κ3) is 4.44. The molecule has 0 aromatic heterocycles. The molecule has 0 saturated carbocycles. The Kier molecular flexibility index (Phi) is 6.18. The molecule has 2 N–H and O–H groups in total. The first kappa shape index (κ1) is 15.9. The quantitative estimate of drug-likeness (QED) is 0.778. The first-order valence-electron chi connectivity index (χ1n) is 6.45. The normalized spacial score (nSPS) is 10.8. The molecule has 1 rings (SSSR count). The van der Waals surface area contributed by atoms with Crippen LogP contribution in [0.2, 0.25) is 0 Å². The van der Waals surface area contributed by atoms with Crippen LogP contribution in [0.3, 0.4) is 0 Å². The summed E-state index contributed by atoms with van der Waals surface area (Å²) in [6, 6.07) is 4.96.